The second-order valence-electron chi connectivity index (χ2n) is 5.67. The molecule has 4 rings (SSSR count). The number of anilines is 2. The third kappa shape index (κ3) is 3.60. The number of rotatable bonds is 4. The van der Waals surface area contributed by atoms with Gasteiger partial charge in [-0.25, -0.2) is 4.39 Å². The maximum Gasteiger partial charge on any atom is 0.231 e. The quantitative estimate of drug-likeness (QED) is 0.684. The van der Waals surface area contributed by atoms with Crippen LogP contribution in [0.25, 0.3) is 0 Å². The van der Waals surface area contributed by atoms with E-state index < -0.39 is 0 Å². The molecule has 0 unspecified atom stereocenters. The molecular weight excluding hydrogens is 355 g/mol. The topological polar surface area (TPSA) is 60.3 Å². The van der Waals surface area contributed by atoms with Crippen molar-refractivity contribution in [3.05, 3.63) is 66.2 Å². The van der Waals surface area contributed by atoms with Gasteiger partial charge in [0.2, 0.25) is 6.79 Å². The molecule has 2 aromatic carbocycles. The average Bonchev–Trinajstić information content (AvgIpc) is 3.25. The highest BCUT2D eigenvalue weighted by Crippen LogP contribution is 2.34. The minimum absolute atomic E-state index is 0.225. The summed E-state index contributed by atoms with van der Waals surface area (Å²) in [6, 6.07) is 12.1. The zero-order valence-electron chi connectivity index (χ0n) is 13.6. The van der Waals surface area contributed by atoms with E-state index in [1.165, 1.54) is 6.07 Å². The van der Waals surface area contributed by atoms with Crippen molar-refractivity contribution in [1.82, 2.24) is 9.78 Å². The fraction of sp³-hybridized carbons (Fsp3) is 0.111. The lowest BCUT2D eigenvalue weighted by Crippen LogP contribution is -2.18. The molecule has 3 aromatic rings. The van der Waals surface area contributed by atoms with Gasteiger partial charge in [-0.2, -0.15) is 5.10 Å². The lowest BCUT2D eigenvalue weighted by molar-refractivity contribution is 0.174. The van der Waals surface area contributed by atoms with Gasteiger partial charge in [-0.05, 0) is 30.4 Å². The lowest BCUT2D eigenvalue weighted by Gasteiger charge is -2.09. The van der Waals surface area contributed by atoms with Gasteiger partial charge in [-0.3, -0.25) is 4.68 Å². The van der Waals surface area contributed by atoms with Gasteiger partial charge in [0.1, 0.15) is 5.82 Å². The van der Waals surface area contributed by atoms with E-state index in [4.69, 9.17) is 21.7 Å². The molecule has 2 heterocycles. The van der Waals surface area contributed by atoms with Crippen LogP contribution < -0.4 is 20.1 Å². The summed E-state index contributed by atoms with van der Waals surface area (Å²) in [5.41, 5.74) is 2.06. The zero-order valence-corrected chi connectivity index (χ0v) is 14.4. The Morgan fingerprint density at radius 2 is 1.92 bits per heavy atom. The molecule has 26 heavy (non-hydrogen) atoms. The highest BCUT2D eigenvalue weighted by molar-refractivity contribution is 7.80. The summed E-state index contributed by atoms with van der Waals surface area (Å²) >= 11 is 5.31. The van der Waals surface area contributed by atoms with Crippen molar-refractivity contribution >= 4 is 28.7 Å². The average molecular weight is 370 g/mol. The predicted octanol–water partition coefficient (Wildman–Crippen LogP) is 3.61. The molecule has 0 atom stereocenters. The minimum atomic E-state index is -0.252. The third-order valence-electron chi connectivity index (χ3n) is 3.81. The fourth-order valence-electron chi connectivity index (χ4n) is 2.58. The summed E-state index contributed by atoms with van der Waals surface area (Å²) in [7, 11) is 0. The number of fused-ring (bicyclic) bond motifs is 1. The van der Waals surface area contributed by atoms with Crippen LogP contribution in [-0.4, -0.2) is 21.7 Å². The number of hydrogen-bond donors (Lipinski definition) is 2. The van der Waals surface area contributed by atoms with Crippen LogP contribution >= 0.6 is 12.2 Å². The largest absolute Gasteiger partial charge is 0.454 e. The minimum Gasteiger partial charge on any atom is -0.454 e. The lowest BCUT2D eigenvalue weighted by atomic mass is 10.2. The van der Waals surface area contributed by atoms with Crippen LogP contribution in [-0.2, 0) is 6.54 Å². The summed E-state index contributed by atoms with van der Waals surface area (Å²) in [6.07, 6.45) is 3.40. The Morgan fingerprint density at radius 3 is 2.81 bits per heavy atom. The van der Waals surface area contributed by atoms with Crippen LogP contribution in [0.2, 0.25) is 0 Å². The summed E-state index contributed by atoms with van der Waals surface area (Å²) in [4.78, 5) is 0. The first-order chi connectivity index (χ1) is 12.7. The molecule has 0 aliphatic carbocycles. The predicted molar refractivity (Wildman–Crippen MR) is 100 cm³/mol. The van der Waals surface area contributed by atoms with Gasteiger partial charge in [-0.15, -0.1) is 0 Å². The molecule has 0 saturated heterocycles. The summed E-state index contributed by atoms with van der Waals surface area (Å²) in [5, 5.41) is 10.8. The van der Waals surface area contributed by atoms with Crippen molar-refractivity contribution in [3.8, 4) is 11.5 Å². The second kappa shape index (κ2) is 7.01. The SMILES string of the molecule is Fc1ccccc1Cn1cc(NC(=S)Nc2ccc3c(c2)OCO3)cn1. The number of halogens is 1. The van der Waals surface area contributed by atoms with Crippen molar-refractivity contribution < 1.29 is 13.9 Å². The zero-order chi connectivity index (χ0) is 17.9. The van der Waals surface area contributed by atoms with E-state index in [2.05, 4.69) is 15.7 Å². The van der Waals surface area contributed by atoms with Gasteiger partial charge in [-0.1, -0.05) is 18.2 Å². The fourth-order valence-corrected chi connectivity index (χ4v) is 2.82. The molecule has 0 spiro atoms. The summed E-state index contributed by atoms with van der Waals surface area (Å²) in [5.74, 6) is 1.14. The Bertz CT molecular complexity index is 960. The smallest absolute Gasteiger partial charge is 0.231 e. The van der Waals surface area contributed by atoms with Crippen LogP contribution in [0, 0.1) is 5.82 Å². The van der Waals surface area contributed by atoms with E-state index in [0.717, 1.165) is 5.69 Å². The van der Waals surface area contributed by atoms with Crippen molar-refractivity contribution in [1.29, 1.82) is 0 Å². The van der Waals surface area contributed by atoms with Gasteiger partial charge < -0.3 is 20.1 Å². The van der Waals surface area contributed by atoms with E-state index in [1.807, 2.05) is 18.2 Å². The van der Waals surface area contributed by atoms with E-state index in [0.29, 0.717) is 34.4 Å². The Hall–Kier alpha value is -3.13. The first-order valence-electron chi connectivity index (χ1n) is 7.91. The molecule has 8 heteroatoms. The number of hydrogen-bond acceptors (Lipinski definition) is 4. The molecule has 0 bridgehead atoms. The molecule has 1 aliphatic heterocycles. The van der Waals surface area contributed by atoms with Gasteiger partial charge in [0, 0.05) is 23.5 Å². The Kier molecular flexibility index (Phi) is 4.40. The van der Waals surface area contributed by atoms with Gasteiger partial charge >= 0.3 is 0 Å². The van der Waals surface area contributed by atoms with Crippen LogP contribution in [0.1, 0.15) is 5.56 Å². The molecular formula is C18H15FN4O2S. The van der Waals surface area contributed by atoms with Crippen LogP contribution in [0.4, 0.5) is 15.8 Å². The molecule has 1 aromatic heterocycles. The summed E-state index contributed by atoms with van der Waals surface area (Å²) < 4.78 is 26.0. The first kappa shape index (κ1) is 16.3. The van der Waals surface area contributed by atoms with Crippen LogP contribution in [0.3, 0.4) is 0 Å². The molecule has 2 N–H and O–H groups in total. The molecule has 132 valence electrons. The highest BCUT2D eigenvalue weighted by atomic mass is 32.1. The number of thiocarbonyl (C=S) groups is 1. The van der Waals surface area contributed by atoms with Crippen LogP contribution in [0.15, 0.2) is 54.9 Å². The number of ether oxygens (including phenoxy) is 2. The monoisotopic (exact) mass is 370 g/mol. The van der Waals surface area contributed by atoms with Crippen molar-refractivity contribution in [3.63, 3.8) is 0 Å². The third-order valence-corrected chi connectivity index (χ3v) is 4.02. The second-order valence-corrected chi connectivity index (χ2v) is 6.07. The van der Waals surface area contributed by atoms with E-state index in [1.54, 1.807) is 35.3 Å². The van der Waals surface area contributed by atoms with Gasteiger partial charge in [0.15, 0.2) is 16.6 Å². The number of benzene rings is 2. The van der Waals surface area contributed by atoms with Gasteiger partial charge in [0.05, 0.1) is 18.4 Å². The Balaban J connectivity index is 1.38. The maximum atomic E-state index is 13.7. The molecule has 6 nitrogen and oxygen atoms in total. The normalized spacial score (nSPS) is 12.0. The molecule has 0 amide bonds. The van der Waals surface area contributed by atoms with E-state index in [-0.39, 0.29) is 12.6 Å². The number of nitrogens with zero attached hydrogens (tertiary/aromatic N) is 2. The maximum absolute atomic E-state index is 13.7. The molecule has 0 saturated carbocycles. The van der Waals surface area contributed by atoms with Crippen molar-refractivity contribution in [2.45, 2.75) is 6.54 Å². The van der Waals surface area contributed by atoms with Gasteiger partial charge in [0.25, 0.3) is 0 Å². The van der Waals surface area contributed by atoms with Crippen molar-refractivity contribution in [2.24, 2.45) is 0 Å². The number of aromatic nitrogens is 2. The van der Waals surface area contributed by atoms with Crippen LogP contribution in [0.5, 0.6) is 11.5 Å². The molecule has 1 aliphatic rings. The molecule has 0 fully saturated rings. The first-order valence-corrected chi connectivity index (χ1v) is 8.32. The summed E-state index contributed by atoms with van der Waals surface area (Å²) in [6.45, 7) is 0.569. The van der Waals surface area contributed by atoms with E-state index in [9.17, 15) is 4.39 Å². The standard InChI is InChI=1S/C18H15FN4O2S/c19-15-4-2-1-3-12(15)9-23-10-14(8-20-23)22-18(26)21-13-5-6-16-17(7-13)25-11-24-16/h1-8,10H,9,11H2,(H2,21,22,26). The van der Waals surface area contributed by atoms with E-state index >= 15 is 0 Å². The number of nitrogens with one attached hydrogen (secondary N) is 2. The van der Waals surface area contributed by atoms with Crippen molar-refractivity contribution in [2.75, 3.05) is 17.4 Å². The Morgan fingerprint density at radius 1 is 1.12 bits per heavy atom. The molecule has 0 radical (unpaired) electrons. The Labute approximate surface area is 154 Å². The highest BCUT2D eigenvalue weighted by Gasteiger charge is 2.13.